The van der Waals surface area contributed by atoms with E-state index in [9.17, 15) is 18.9 Å². The van der Waals surface area contributed by atoms with Gasteiger partial charge in [-0.2, -0.15) is 0 Å². The summed E-state index contributed by atoms with van der Waals surface area (Å²) < 4.78 is 36.8. The highest BCUT2D eigenvalue weighted by atomic mass is 32.2. The Labute approximate surface area is 154 Å². The van der Waals surface area contributed by atoms with Crippen molar-refractivity contribution < 1.29 is 23.5 Å². The van der Waals surface area contributed by atoms with Gasteiger partial charge in [-0.15, -0.1) is 0 Å². The van der Waals surface area contributed by atoms with E-state index in [1.807, 2.05) is 0 Å². The smallest absolute Gasteiger partial charge is 0.202 e. The third-order valence-corrected chi connectivity index (χ3v) is 5.07. The molecule has 0 aliphatic heterocycles. The van der Waals surface area contributed by atoms with Crippen LogP contribution in [0.25, 0.3) is 0 Å². The van der Waals surface area contributed by atoms with Gasteiger partial charge >= 0.3 is 0 Å². The number of halogens is 1. The van der Waals surface area contributed by atoms with Crippen molar-refractivity contribution in [2.24, 2.45) is 5.16 Å². The average Bonchev–Trinajstić information content (AvgIpc) is 3.03. The lowest BCUT2D eigenvalue weighted by molar-refractivity contribution is 0.211. The van der Waals surface area contributed by atoms with Crippen molar-refractivity contribution in [3.63, 3.8) is 0 Å². The first-order chi connectivity index (χ1) is 12.8. The number of aliphatic hydroxyl groups is 1. The second-order valence-electron chi connectivity index (χ2n) is 6.36. The van der Waals surface area contributed by atoms with Crippen LogP contribution in [0, 0.1) is 10.6 Å². The van der Waals surface area contributed by atoms with E-state index < -0.39 is 15.8 Å². The SMILES string of the molecule is CS(=N)(=O)C[C@H](O)CNc1nonc1/C(=N\O)N[C@H]1Cc2ccc(F)cc21. The monoisotopic (exact) mass is 398 g/mol. The van der Waals surface area contributed by atoms with Gasteiger partial charge < -0.3 is 20.9 Å². The minimum absolute atomic E-state index is 0.0343. The molecule has 0 radical (unpaired) electrons. The number of benzene rings is 1. The van der Waals surface area contributed by atoms with E-state index in [2.05, 4.69) is 30.7 Å². The number of rotatable bonds is 7. The lowest BCUT2D eigenvalue weighted by atomic mass is 9.83. The van der Waals surface area contributed by atoms with E-state index in [1.165, 1.54) is 18.4 Å². The van der Waals surface area contributed by atoms with Crippen molar-refractivity contribution >= 4 is 21.4 Å². The Hall–Kier alpha value is -2.73. The van der Waals surface area contributed by atoms with Gasteiger partial charge in [-0.25, -0.2) is 9.02 Å². The summed E-state index contributed by atoms with van der Waals surface area (Å²) in [5.41, 5.74) is 1.81. The maximum atomic E-state index is 13.4. The largest absolute Gasteiger partial charge is 0.409 e. The Morgan fingerprint density at radius 3 is 3.04 bits per heavy atom. The van der Waals surface area contributed by atoms with E-state index in [4.69, 9.17) is 4.78 Å². The van der Waals surface area contributed by atoms with Crippen molar-refractivity contribution in [3.8, 4) is 0 Å². The summed E-state index contributed by atoms with van der Waals surface area (Å²) in [5.74, 6) is -0.498. The molecule has 1 aromatic heterocycles. The highest BCUT2D eigenvalue weighted by Gasteiger charge is 2.29. The molecule has 1 aliphatic rings. The molecule has 27 heavy (non-hydrogen) atoms. The molecule has 2 aromatic rings. The van der Waals surface area contributed by atoms with Gasteiger partial charge in [0.25, 0.3) is 0 Å². The standard InChI is InChI=1S/C15H19FN6O4S/c1-27(17,25)7-10(23)6-18-14-13(21-26-22-14)15(20-24)19-12-4-8-2-3-9(16)5-11(8)12/h2-3,5,10,12,17,23-24H,4,6-7H2,1H3,(H,18,22)(H,19,20)/t10-,12+,27?/m1/s1. The van der Waals surface area contributed by atoms with Gasteiger partial charge in [0.1, 0.15) is 5.82 Å². The van der Waals surface area contributed by atoms with Gasteiger partial charge in [0, 0.05) is 22.5 Å². The lowest BCUT2D eigenvalue weighted by Crippen LogP contribution is -2.37. The Morgan fingerprint density at radius 1 is 1.56 bits per heavy atom. The molecule has 10 nitrogen and oxygen atoms in total. The zero-order valence-electron chi connectivity index (χ0n) is 14.3. The summed E-state index contributed by atoms with van der Waals surface area (Å²) >= 11 is 0. The van der Waals surface area contributed by atoms with Crippen molar-refractivity contribution in [3.05, 3.63) is 40.8 Å². The molecule has 1 aromatic carbocycles. The summed E-state index contributed by atoms with van der Waals surface area (Å²) in [6.45, 7) is -0.0545. The molecule has 0 saturated carbocycles. The number of oxime groups is 1. The van der Waals surface area contributed by atoms with Crippen LogP contribution in [0.4, 0.5) is 10.2 Å². The number of anilines is 1. The van der Waals surface area contributed by atoms with E-state index >= 15 is 0 Å². The number of nitrogens with one attached hydrogen (secondary N) is 3. The van der Waals surface area contributed by atoms with Crippen LogP contribution in [0.2, 0.25) is 0 Å². The molecule has 0 fully saturated rings. The molecule has 1 aliphatic carbocycles. The van der Waals surface area contributed by atoms with E-state index in [0.717, 1.165) is 11.1 Å². The Morgan fingerprint density at radius 2 is 2.33 bits per heavy atom. The third-order valence-electron chi connectivity index (χ3n) is 4.05. The van der Waals surface area contributed by atoms with E-state index in [1.54, 1.807) is 6.07 Å². The summed E-state index contributed by atoms with van der Waals surface area (Å²) in [6.07, 6.45) is 0.808. The average molecular weight is 398 g/mol. The van der Waals surface area contributed by atoms with Crippen LogP contribution >= 0.6 is 0 Å². The first-order valence-corrected chi connectivity index (χ1v) is 10.1. The maximum Gasteiger partial charge on any atom is 0.202 e. The first-order valence-electron chi connectivity index (χ1n) is 8.00. The predicted octanol–water partition coefficient (Wildman–Crippen LogP) is 0.681. The molecule has 1 heterocycles. The summed E-state index contributed by atoms with van der Waals surface area (Å²) in [7, 11) is -2.85. The van der Waals surface area contributed by atoms with Gasteiger partial charge in [0.15, 0.2) is 11.5 Å². The number of aromatic nitrogens is 2. The van der Waals surface area contributed by atoms with Crippen LogP contribution in [0.3, 0.4) is 0 Å². The zero-order valence-corrected chi connectivity index (χ0v) is 15.2. The van der Waals surface area contributed by atoms with Crippen LogP contribution in [-0.2, 0) is 16.1 Å². The molecule has 5 N–H and O–H groups in total. The number of hydrogen-bond acceptors (Lipinski definition) is 9. The lowest BCUT2D eigenvalue weighted by Gasteiger charge is -2.31. The van der Waals surface area contributed by atoms with Gasteiger partial charge in [-0.05, 0) is 40.0 Å². The fraction of sp³-hybridized carbons (Fsp3) is 0.400. The van der Waals surface area contributed by atoms with Crippen LogP contribution in [0.5, 0.6) is 0 Å². The molecule has 3 atom stereocenters. The molecule has 0 amide bonds. The first kappa shape index (κ1) is 19.0. The fourth-order valence-electron chi connectivity index (χ4n) is 2.81. The highest BCUT2D eigenvalue weighted by molar-refractivity contribution is 7.91. The van der Waals surface area contributed by atoms with Crippen LogP contribution in [0.1, 0.15) is 22.9 Å². The molecular weight excluding hydrogens is 379 g/mol. The highest BCUT2D eigenvalue weighted by Crippen LogP contribution is 2.33. The second-order valence-corrected chi connectivity index (χ2v) is 8.70. The van der Waals surface area contributed by atoms with Crippen LogP contribution in [0.15, 0.2) is 28.0 Å². The Kier molecular flexibility index (Phi) is 5.28. The van der Waals surface area contributed by atoms with E-state index in [0.29, 0.717) is 6.42 Å². The molecule has 0 saturated heterocycles. The topological polar surface area (TPSA) is 157 Å². The maximum absolute atomic E-state index is 13.4. The molecular formula is C15H19FN6O4S. The number of aliphatic hydroxyl groups excluding tert-OH is 1. The van der Waals surface area contributed by atoms with Crippen LogP contribution in [-0.4, -0.2) is 55.3 Å². The van der Waals surface area contributed by atoms with E-state index in [-0.39, 0.29) is 41.5 Å². The number of hydrogen-bond donors (Lipinski definition) is 5. The van der Waals surface area contributed by atoms with Crippen molar-refractivity contribution in [2.75, 3.05) is 23.9 Å². The summed E-state index contributed by atoms with van der Waals surface area (Å²) in [4.78, 5) is 0. The van der Waals surface area contributed by atoms with Gasteiger partial charge in [0.2, 0.25) is 5.82 Å². The zero-order chi connectivity index (χ0) is 19.6. The molecule has 3 rings (SSSR count). The Balaban J connectivity index is 1.66. The molecule has 1 unspecified atom stereocenters. The quantitative estimate of drug-likeness (QED) is 0.197. The van der Waals surface area contributed by atoms with Gasteiger partial charge in [-0.1, -0.05) is 11.2 Å². The normalized spacial score (nSPS) is 19.5. The number of nitrogens with zero attached hydrogens (tertiary/aromatic N) is 3. The molecule has 0 spiro atoms. The second kappa shape index (κ2) is 7.48. The summed E-state index contributed by atoms with van der Waals surface area (Å²) in [6, 6.07) is 4.23. The minimum Gasteiger partial charge on any atom is -0.409 e. The third kappa shape index (κ3) is 4.52. The van der Waals surface area contributed by atoms with Gasteiger partial charge in [-0.3, -0.25) is 8.99 Å². The molecule has 0 bridgehead atoms. The Bertz CT molecular complexity index is 961. The van der Waals surface area contributed by atoms with Crippen molar-refractivity contribution in [2.45, 2.75) is 18.6 Å². The molecule has 146 valence electrons. The number of fused-ring (bicyclic) bond motifs is 1. The predicted molar refractivity (Wildman–Crippen MR) is 94.8 cm³/mol. The van der Waals surface area contributed by atoms with Gasteiger partial charge in [0.05, 0.1) is 17.9 Å². The summed E-state index contributed by atoms with van der Waals surface area (Å²) in [5, 5.41) is 35.3. The number of amidine groups is 1. The molecule has 12 heteroatoms. The van der Waals surface area contributed by atoms with Crippen LogP contribution < -0.4 is 10.6 Å². The van der Waals surface area contributed by atoms with Crippen molar-refractivity contribution in [1.82, 2.24) is 15.6 Å². The fourth-order valence-corrected chi connectivity index (χ4v) is 3.67. The van der Waals surface area contributed by atoms with Crippen molar-refractivity contribution in [1.29, 1.82) is 4.78 Å². The minimum atomic E-state index is -2.85.